The second-order valence-electron chi connectivity index (χ2n) is 6.61. The molecule has 3 aromatic carbocycles. The number of amides is 1. The minimum Gasteiger partial charge on any atom is -0.384 e. The summed E-state index contributed by atoms with van der Waals surface area (Å²) in [5, 5.41) is 8.18. The predicted octanol–water partition coefficient (Wildman–Crippen LogP) is 5.75. The second kappa shape index (κ2) is 8.65. The van der Waals surface area contributed by atoms with E-state index in [1.54, 1.807) is 28.6 Å². The van der Waals surface area contributed by atoms with Crippen molar-refractivity contribution in [1.29, 1.82) is 0 Å². The molecule has 0 aliphatic rings. The summed E-state index contributed by atoms with van der Waals surface area (Å²) < 4.78 is 1.65. The van der Waals surface area contributed by atoms with Crippen LogP contribution in [0.2, 0.25) is 5.02 Å². The lowest BCUT2D eigenvalue weighted by Gasteiger charge is -2.08. The molecular formula is C23H19ClN4OS. The Labute approximate surface area is 183 Å². The first-order chi connectivity index (χ1) is 14.5. The topological polar surface area (TPSA) is 72.9 Å². The molecule has 0 aliphatic carbocycles. The van der Waals surface area contributed by atoms with Gasteiger partial charge in [0.1, 0.15) is 5.82 Å². The SMILES string of the molecule is CSc1cccc(NC(=O)c2ccc(-n3nc(-c4ccc(Cl)cc4)cc3N)cc2)c1. The van der Waals surface area contributed by atoms with Gasteiger partial charge in [-0.2, -0.15) is 5.10 Å². The van der Waals surface area contributed by atoms with Crippen LogP contribution in [0, 0.1) is 0 Å². The van der Waals surface area contributed by atoms with E-state index in [4.69, 9.17) is 17.3 Å². The van der Waals surface area contributed by atoms with Crippen molar-refractivity contribution in [3.8, 4) is 16.9 Å². The zero-order chi connectivity index (χ0) is 21.1. The van der Waals surface area contributed by atoms with Crippen LogP contribution in [0.25, 0.3) is 16.9 Å². The molecule has 0 bridgehead atoms. The third-order valence-electron chi connectivity index (χ3n) is 4.58. The Bertz CT molecular complexity index is 1190. The summed E-state index contributed by atoms with van der Waals surface area (Å²) >= 11 is 7.58. The van der Waals surface area contributed by atoms with Crippen LogP contribution in [-0.2, 0) is 0 Å². The van der Waals surface area contributed by atoms with Crippen molar-refractivity contribution in [2.24, 2.45) is 0 Å². The fourth-order valence-electron chi connectivity index (χ4n) is 3.02. The van der Waals surface area contributed by atoms with Crippen LogP contribution in [0.5, 0.6) is 0 Å². The average Bonchev–Trinajstić information content (AvgIpc) is 3.16. The Morgan fingerprint density at radius 3 is 2.47 bits per heavy atom. The molecule has 0 fully saturated rings. The molecule has 4 aromatic rings. The van der Waals surface area contributed by atoms with Gasteiger partial charge in [0.2, 0.25) is 0 Å². The molecule has 0 aliphatic heterocycles. The zero-order valence-corrected chi connectivity index (χ0v) is 17.7. The molecule has 5 nitrogen and oxygen atoms in total. The van der Waals surface area contributed by atoms with Crippen molar-refractivity contribution >= 4 is 40.8 Å². The number of nitrogens with two attached hydrogens (primary N) is 1. The number of benzene rings is 3. The molecule has 0 unspecified atom stereocenters. The summed E-state index contributed by atoms with van der Waals surface area (Å²) in [4.78, 5) is 13.7. The van der Waals surface area contributed by atoms with Crippen LogP contribution in [0.4, 0.5) is 11.5 Å². The number of nitrogens with one attached hydrogen (secondary N) is 1. The van der Waals surface area contributed by atoms with Crippen molar-refractivity contribution in [2.45, 2.75) is 4.90 Å². The van der Waals surface area contributed by atoms with Gasteiger partial charge in [-0.1, -0.05) is 29.8 Å². The van der Waals surface area contributed by atoms with Crippen LogP contribution < -0.4 is 11.1 Å². The molecule has 4 rings (SSSR count). The Hall–Kier alpha value is -3.22. The highest BCUT2D eigenvalue weighted by atomic mass is 35.5. The van der Waals surface area contributed by atoms with Gasteiger partial charge < -0.3 is 11.1 Å². The molecule has 1 heterocycles. The van der Waals surface area contributed by atoms with E-state index in [1.807, 2.05) is 73.0 Å². The molecule has 3 N–H and O–H groups in total. The number of nitrogen functional groups attached to an aromatic ring is 1. The first kappa shape index (κ1) is 20.1. The number of carbonyl (C=O) groups is 1. The van der Waals surface area contributed by atoms with Crippen LogP contribution in [0.15, 0.2) is 83.8 Å². The minimum absolute atomic E-state index is 0.171. The van der Waals surface area contributed by atoms with E-state index < -0.39 is 0 Å². The van der Waals surface area contributed by atoms with Crippen LogP contribution in [-0.4, -0.2) is 21.9 Å². The highest BCUT2D eigenvalue weighted by Gasteiger charge is 2.11. The van der Waals surface area contributed by atoms with Crippen molar-refractivity contribution in [1.82, 2.24) is 9.78 Å². The number of rotatable bonds is 5. The molecule has 0 atom stereocenters. The fraction of sp³-hybridized carbons (Fsp3) is 0.0435. The molecule has 1 amide bonds. The number of thioether (sulfide) groups is 1. The average molecular weight is 435 g/mol. The molecule has 30 heavy (non-hydrogen) atoms. The maximum atomic E-state index is 12.6. The Morgan fingerprint density at radius 1 is 1.03 bits per heavy atom. The van der Waals surface area contributed by atoms with Gasteiger partial charge in [0.25, 0.3) is 5.91 Å². The summed E-state index contributed by atoms with van der Waals surface area (Å²) in [5.74, 6) is 0.334. The number of nitrogens with zero attached hydrogens (tertiary/aromatic N) is 2. The third kappa shape index (κ3) is 4.35. The number of hydrogen-bond acceptors (Lipinski definition) is 4. The summed E-state index contributed by atoms with van der Waals surface area (Å²) in [5.41, 5.74) is 9.92. The van der Waals surface area contributed by atoms with Crippen molar-refractivity contribution < 1.29 is 4.79 Å². The van der Waals surface area contributed by atoms with E-state index in [2.05, 4.69) is 10.4 Å². The van der Waals surface area contributed by atoms with E-state index in [1.165, 1.54) is 0 Å². The standard InChI is InChI=1S/C23H19ClN4OS/c1-30-20-4-2-3-18(13-20)26-23(29)16-7-11-19(12-8-16)28-22(25)14-21(27-28)15-5-9-17(24)10-6-15/h2-14H,25H2,1H3,(H,26,29). The van der Waals surface area contributed by atoms with Gasteiger partial charge in [0.15, 0.2) is 0 Å². The Balaban J connectivity index is 1.53. The van der Waals surface area contributed by atoms with Crippen molar-refractivity contribution in [3.63, 3.8) is 0 Å². The highest BCUT2D eigenvalue weighted by molar-refractivity contribution is 7.98. The van der Waals surface area contributed by atoms with Gasteiger partial charge in [-0.3, -0.25) is 4.79 Å². The van der Waals surface area contributed by atoms with E-state index in [0.29, 0.717) is 16.4 Å². The van der Waals surface area contributed by atoms with Crippen LogP contribution >= 0.6 is 23.4 Å². The number of halogens is 1. The lowest BCUT2D eigenvalue weighted by Crippen LogP contribution is -2.12. The van der Waals surface area contributed by atoms with E-state index in [0.717, 1.165) is 27.5 Å². The molecule has 0 spiro atoms. The number of hydrogen-bond donors (Lipinski definition) is 2. The monoisotopic (exact) mass is 434 g/mol. The molecular weight excluding hydrogens is 416 g/mol. The molecule has 0 radical (unpaired) electrons. The maximum absolute atomic E-state index is 12.6. The summed E-state index contributed by atoms with van der Waals surface area (Å²) in [7, 11) is 0. The first-order valence-electron chi connectivity index (χ1n) is 9.21. The molecule has 0 saturated carbocycles. The van der Waals surface area contributed by atoms with Gasteiger partial charge in [0.05, 0.1) is 11.4 Å². The number of carbonyl (C=O) groups excluding carboxylic acids is 1. The largest absolute Gasteiger partial charge is 0.384 e. The van der Waals surface area contributed by atoms with Gasteiger partial charge in [0, 0.05) is 32.8 Å². The Kier molecular flexibility index (Phi) is 5.79. The Morgan fingerprint density at radius 2 is 1.77 bits per heavy atom. The van der Waals surface area contributed by atoms with Gasteiger partial charge in [-0.25, -0.2) is 4.68 Å². The maximum Gasteiger partial charge on any atom is 0.255 e. The fourth-order valence-corrected chi connectivity index (χ4v) is 3.61. The third-order valence-corrected chi connectivity index (χ3v) is 5.56. The lowest BCUT2D eigenvalue weighted by atomic mass is 10.1. The normalized spacial score (nSPS) is 10.7. The second-order valence-corrected chi connectivity index (χ2v) is 7.92. The summed E-state index contributed by atoms with van der Waals surface area (Å²) in [6.07, 6.45) is 2.00. The van der Waals surface area contributed by atoms with E-state index >= 15 is 0 Å². The quantitative estimate of drug-likeness (QED) is 0.392. The number of aromatic nitrogens is 2. The summed E-state index contributed by atoms with van der Waals surface area (Å²) in [6, 6.07) is 24.1. The van der Waals surface area contributed by atoms with Crippen molar-refractivity contribution in [2.75, 3.05) is 17.3 Å². The van der Waals surface area contributed by atoms with Crippen molar-refractivity contribution in [3.05, 3.63) is 89.4 Å². The lowest BCUT2D eigenvalue weighted by molar-refractivity contribution is 0.102. The highest BCUT2D eigenvalue weighted by Crippen LogP contribution is 2.25. The smallest absolute Gasteiger partial charge is 0.255 e. The molecule has 150 valence electrons. The number of anilines is 2. The van der Waals surface area contributed by atoms with Crippen LogP contribution in [0.3, 0.4) is 0 Å². The van der Waals surface area contributed by atoms with Gasteiger partial charge in [-0.15, -0.1) is 11.8 Å². The van der Waals surface area contributed by atoms with E-state index in [9.17, 15) is 4.79 Å². The molecule has 0 saturated heterocycles. The predicted molar refractivity (Wildman–Crippen MR) is 125 cm³/mol. The first-order valence-corrected chi connectivity index (χ1v) is 10.8. The van der Waals surface area contributed by atoms with E-state index in [-0.39, 0.29) is 5.91 Å². The van der Waals surface area contributed by atoms with Gasteiger partial charge in [-0.05, 0) is 60.9 Å². The molecule has 1 aromatic heterocycles. The zero-order valence-electron chi connectivity index (χ0n) is 16.2. The summed E-state index contributed by atoms with van der Waals surface area (Å²) in [6.45, 7) is 0. The molecule has 7 heteroatoms. The van der Waals surface area contributed by atoms with Gasteiger partial charge >= 0.3 is 0 Å². The van der Waals surface area contributed by atoms with Crippen LogP contribution in [0.1, 0.15) is 10.4 Å². The minimum atomic E-state index is -0.171.